The van der Waals surface area contributed by atoms with Gasteiger partial charge in [0.25, 0.3) is 0 Å². The lowest BCUT2D eigenvalue weighted by Gasteiger charge is -2.08. The summed E-state index contributed by atoms with van der Waals surface area (Å²) in [6.07, 6.45) is 6.96. The van der Waals surface area contributed by atoms with Gasteiger partial charge in [-0.25, -0.2) is 4.39 Å². The summed E-state index contributed by atoms with van der Waals surface area (Å²) in [7, 11) is 0. The average molecular weight is 138 g/mol. The predicted octanol–water partition coefficient (Wildman–Crippen LogP) is 3.11. The van der Waals surface area contributed by atoms with Crippen LogP contribution in [0.25, 0.3) is 0 Å². The van der Waals surface area contributed by atoms with Crippen LogP contribution in [0.15, 0.2) is 23.0 Å². The highest BCUT2D eigenvalue weighted by atomic mass is 19.1. The fourth-order valence-electron chi connectivity index (χ4n) is 1.82. The van der Waals surface area contributed by atoms with Gasteiger partial charge in [-0.1, -0.05) is 5.57 Å². The Morgan fingerprint density at radius 1 is 1.10 bits per heavy atom. The van der Waals surface area contributed by atoms with E-state index in [2.05, 4.69) is 0 Å². The highest BCUT2D eigenvalue weighted by Crippen LogP contribution is 2.35. The molecule has 2 rings (SSSR count). The molecule has 0 saturated heterocycles. The number of rotatable bonds is 0. The Morgan fingerprint density at radius 3 is 2.90 bits per heavy atom. The molecule has 0 fully saturated rings. The van der Waals surface area contributed by atoms with E-state index in [1.54, 1.807) is 6.08 Å². The summed E-state index contributed by atoms with van der Waals surface area (Å²) < 4.78 is 12.6. The van der Waals surface area contributed by atoms with Crippen LogP contribution in [0.2, 0.25) is 0 Å². The van der Waals surface area contributed by atoms with E-state index in [1.807, 2.05) is 0 Å². The summed E-state index contributed by atoms with van der Waals surface area (Å²) in [6, 6.07) is 0. The molecule has 10 heavy (non-hydrogen) atoms. The second kappa shape index (κ2) is 2.22. The molecular weight excluding hydrogens is 127 g/mol. The summed E-state index contributed by atoms with van der Waals surface area (Å²) >= 11 is 0. The quantitative estimate of drug-likeness (QED) is 0.482. The van der Waals surface area contributed by atoms with E-state index in [4.69, 9.17) is 0 Å². The third-order valence-corrected chi connectivity index (χ3v) is 2.38. The second-order valence-corrected chi connectivity index (χ2v) is 3.07. The normalized spacial score (nSPS) is 24.7. The van der Waals surface area contributed by atoms with Gasteiger partial charge in [0.2, 0.25) is 0 Å². The number of hydrogen-bond donors (Lipinski definition) is 0. The molecule has 0 aromatic rings. The van der Waals surface area contributed by atoms with Crippen molar-refractivity contribution >= 4 is 0 Å². The molecule has 54 valence electrons. The fourth-order valence-corrected chi connectivity index (χ4v) is 1.82. The molecule has 0 amide bonds. The zero-order valence-corrected chi connectivity index (χ0v) is 5.99. The van der Waals surface area contributed by atoms with Crippen molar-refractivity contribution in [3.63, 3.8) is 0 Å². The van der Waals surface area contributed by atoms with E-state index in [9.17, 15) is 4.39 Å². The minimum atomic E-state index is 0.0839. The summed E-state index contributed by atoms with van der Waals surface area (Å²) in [4.78, 5) is 0. The zero-order valence-electron chi connectivity index (χ0n) is 5.99. The van der Waals surface area contributed by atoms with Crippen molar-refractivity contribution in [2.75, 3.05) is 0 Å². The molecule has 0 aromatic carbocycles. The van der Waals surface area contributed by atoms with E-state index in [1.165, 1.54) is 24.0 Å². The number of hydrogen-bond acceptors (Lipinski definition) is 0. The maximum absolute atomic E-state index is 12.6. The van der Waals surface area contributed by atoms with Crippen LogP contribution >= 0.6 is 0 Å². The van der Waals surface area contributed by atoms with E-state index < -0.39 is 0 Å². The van der Waals surface area contributed by atoms with Crippen LogP contribution in [0.4, 0.5) is 4.39 Å². The van der Waals surface area contributed by atoms with Crippen molar-refractivity contribution in [3.8, 4) is 0 Å². The van der Waals surface area contributed by atoms with Crippen molar-refractivity contribution in [2.45, 2.75) is 32.1 Å². The predicted molar refractivity (Wildman–Crippen MR) is 39.3 cm³/mol. The fraction of sp³-hybridized carbons (Fsp3) is 0.556. The van der Waals surface area contributed by atoms with Crippen molar-refractivity contribution in [1.82, 2.24) is 0 Å². The molecule has 0 bridgehead atoms. The molecule has 0 atom stereocenters. The smallest absolute Gasteiger partial charge is 0.100 e. The van der Waals surface area contributed by atoms with Gasteiger partial charge in [0, 0.05) is 6.42 Å². The molecule has 0 spiro atoms. The molecule has 0 saturated carbocycles. The molecule has 1 heteroatoms. The van der Waals surface area contributed by atoms with Gasteiger partial charge >= 0.3 is 0 Å². The van der Waals surface area contributed by atoms with E-state index in [0.29, 0.717) is 6.42 Å². The first kappa shape index (κ1) is 6.14. The highest BCUT2D eigenvalue weighted by molar-refractivity contribution is 5.34. The first-order valence-electron chi connectivity index (χ1n) is 3.93. The van der Waals surface area contributed by atoms with Crippen molar-refractivity contribution in [1.29, 1.82) is 0 Å². The summed E-state index contributed by atoms with van der Waals surface area (Å²) in [5, 5.41) is 0. The molecule has 0 aromatic heterocycles. The number of halogens is 1. The molecule has 0 unspecified atom stereocenters. The third kappa shape index (κ3) is 0.898. The van der Waals surface area contributed by atoms with Gasteiger partial charge in [0.15, 0.2) is 0 Å². The van der Waals surface area contributed by atoms with Crippen LogP contribution in [-0.4, -0.2) is 0 Å². The first-order chi connectivity index (χ1) is 4.86. The van der Waals surface area contributed by atoms with Crippen LogP contribution in [-0.2, 0) is 0 Å². The largest absolute Gasteiger partial charge is 0.212 e. The lowest BCUT2D eigenvalue weighted by Crippen LogP contribution is -1.90. The molecule has 0 aliphatic heterocycles. The van der Waals surface area contributed by atoms with Crippen molar-refractivity contribution in [2.24, 2.45) is 0 Å². The Morgan fingerprint density at radius 2 is 2.00 bits per heavy atom. The Bertz CT molecular complexity index is 211. The Balaban J connectivity index is 2.29. The number of allylic oxidation sites excluding steroid dienone is 4. The topological polar surface area (TPSA) is 0 Å². The highest BCUT2D eigenvalue weighted by Gasteiger charge is 2.17. The van der Waals surface area contributed by atoms with Crippen LogP contribution < -0.4 is 0 Å². The van der Waals surface area contributed by atoms with E-state index >= 15 is 0 Å². The van der Waals surface area contributed by atoms with Gasteiger partial charge in [0.05, 0.1) is 0 Å². The summed E-state index contributed by atoms with van der Waals surface area (Å²) in [5.41, 5.74) is 2.81. The van der Waals surface area contributed by atoms with Gasteiger partial charge in [-0.05, 0) is 37.3 Å². The SMILES string of the molecule is FC1=CC2=C(CCC2)CC1. The summed E-state index contributed by atoms with van der Waals surface area (Å²) in [6.45, 7) is 0. The minimum Gasteiger partial charge on any atom is -0.212 e. The van der Waals surface area contributed by atoms with E-state index in [0.717, 1.165) is 12.8 Å². The van der Waals surface area contributed by atoms with Crippen LogP contribution in [0, 0.1) is 0 Å². The molecular formula is C9H11F. The van der Waals surface area contributed by atoms with E-state index in [-0.39, 0.29) is 5.83 Å². The Hall–Kier alpha value is -0.590. The molecule has 0 radical (unpaired) electrons. The second-order valence-electron chi connectivity index (χ2n) is 3.07. The Kier molecular flexibility index (Phi) is 1.37. The van der Waals surface area contributed by atoms with Crippen LogP contribution in [0.1, 0.15) is 32.1 Å². The van der Waals surface area contributed by atoms with Gasteiger partial charge < -0.3 is 0 Å². The third-order valence-electron chi connectivity index (χ3n) is 2.38. The molecule has 0 nitrogen and oxygen atoms in total. The van der Waals surface area contributed by atoms with Crippen molar-refractivity contribution in [3.05, 3.63) is 23.0 Å². The molecule has 2 aliphatic carbocycles. The van der Waals surface area contributed by atoms with Gasteiger partial charge in [-0.3, -0.25) is 0 Å². The van der Waals surface area contributed by atoms with Crippen LogP contribution in [0.5, 0.6) is 0 Å². The van der Waals surface area contributed by atoms with Gasteiger partial charge in [-0.15, -0.1) is 0 Å². The molecule has 0 heterocycles. The maximum atomic E-state index is 12.6. The van der Waals surface area contributed by atoms with Crippen molar-refractivity contribution < 1.29 is 4.39 Å². The standard InChI is InChI=1S/C9H11F/c10-9-5-4-7-2-1-3-8(7)6-9/h6H,1-5H2. The zero-order chi connectivity index (χ0) is 6.97. The molecule has 2 aliphatic rings. The Labute approximate surface area is 60.4 Å². The van der Waals surface area contributed by atoms with Crippen LogP contribution in [0.3, 0.4) is 0 Å². The molecule has 0 N–H and O–H groups in total. The van der Waals surface area contributed by atoms with Gasteiger partial charge in [-0.2, -0.15) is 0 Å². The monoisotopic (exact) mass is 138 g/mol. The first-order valence-corrected chi connectivity index (χ1v) is 3.93. The summed E-state index contributed by atoms with van der Waals surface area (Å²) in [5.74, 6) is 0.0839. The lowest BCUT2D eigenvalue weighted by molar-refractivity contribution is 0.578. The lowest BCUT2D eigenvalue weighted by atomic mass is 10.00. The average Bonchev–Trinajstić information content (AvgIpc) is 2.33. The van der Waals surface area contributed by atoms with Gasteiger partial charge in [0.1, 0.15) is 5.83 Å². The minimum absolute atomic E-state index is 0.0839. The maximum Gasteiger partial charge on any atom is 0.100 e.